The van der Waals surface area contributed by atoms with Crippen LogP contribution in [0.5, 0.6) is 0 Å². The molecular formula is C24H39IN4O4. The number of aliphatic imine (C=N–C) groups is 1. The number of nitrogens with one attached hydrogen (secondary N) is 1. The van der Waals surface area contributed by atoms with Crippen LogP contribution in [0.25, 0.3) is 0 Å². The zero-order valence-electron chi connectivity index (χ0n) is 19.7. The molecule has 2 heterocycles. The summed E-state index contributed by atoms with van der Waals surface area (Å²) in [6.45, 7) is 7.28. The minimum Gasteiger partial charge on any atom is -0.376 e. The van der Waals surface area contributed by atoms with Crippen molar-refractivity contribution in [2.24, 2.45) is 4.99 Å². The molecule has 33 heavy (non-hydrogen) atoms. The van der Waals surface area contributed by atoms with Crippen molar-refractivity contribution in [3.63, 3.8) is 0 Å². The van der Waals surface area contributed by atoms with Crippen molar-refractivity contribution in [2.75, 3.05) is 39.4 Å². The number of likely N-dealkylation sites (tertiary alicyclic amines) is 1. The number of benzene rings is 1. The van der Waals surface area contributed by atoms with E-state index in [9.17, 15) is 10.1 Å². The number of unbranched alkanes of at least 4 members (excludes halogenated alkanes) is 1. The summed E-state index contributed by atoms with van der Waals surface area (Å²) >= 11 is 0. The predicted molar refractivity (Wildman–Crippen MR) is 142 cm³/mol. The van der Waals surface area contributed by atoms with Crippen LogP contribution in [0.4, 0.5) is 5.69 Å². The highest BCUT2D eigenvalue weighted by atomic mass is 127. The molecular weight excluding hydrogens is 535 g/mol. The molecule has 2 fully saturated rings. The average molecular weight is 575 g/mol. The summed E-state index contributed by atoms with van der Waals surface area (Å²) < 4.78 is 11.9. The van der Waals surface area contributed by atoms with Crippen LogP contribution in [0, 0.1) is 10.1 Å². The van der Waals surface area contributed by atoms with Crippen molar-refractivity contribution in [3.05, 3.63) is 39.9 Å². The summed E-state index contributed by atoms with van der Waals surface area (Å²) in [5.41, 5.74) is 1.28. The van der Waals surface area contributed by atoms with Gasteiger partial charge < -0.3 is 19.7 Å². The van der Waals surface area contributed by atoms with Crippen LogP contribution >= 0.6 is 24.0 Å². The van der Waals surface area contributed by atoms with Gasteiger partial charge in [0.15, 0.2) is 5.96 Å². The van der Waals surface area contributed by atoms with Crippen molar-refractivity contribution in [1.29, 1.82) is 0 Å². The average Bonchev–Trinajstić information content (AvgIpc) is 2.83. The van der Waals surface area contributed by atoms with Crippen LogP contribution in [0.15, 0.2) is 29.3 Å². The van der Waals surface area contributed by atoms with Gasteiger partial charge in [-0.15, -0.1) is 24.0 Å². The minimum absolute atomic E-state index is 0. The molecule has 0 aromatic heterocycles. The lowest BCUT2D eigenvalue weighted by atomic mass is 10.1. The first-order chi connectivity index (χ1) is 15.7. The molecule has 1 aromatic rings. The zero-order chi connectivity index (χ0) is 22.6. The lowest BCUT2D eigenvalue weighted by Crippen LogP contribution is -2.47. The number of hydrogen-bond acceptors (Lipinski definition) is 5. The first kappa shape index (κ1) is 27.8. The molecule has 0 radical (unpaired) electrons. The molecule has 1 aromatic carbocycles. The number of rotatable bonds is 10. The predicted octanol–water partition coefficient (Wildman–Crippen LogP) is 4.55. The van der Waals surface area contributed by atoms with E-state index in [0.717, 1.165) is 89.4 Å². The van der Waals surface area contributed by atoms with Crippen molar-refractivity contribution in [2.45, 2.75) is 70.5 Å². The van der Waals surface area contributed by atoms with Crippen molar-refractivity contribution < 1.29 is 14.4 Å². The first-order valence-electron chi connectivity index (χ1n) is 12.2. The fraction of sp³-hybridized carbons (Fsp3) is 0.708. The number of ether oxygens (including phenoxy) is 2. The Bertz CT molecular complexity index is 718. The van der Waals surface area contributed by atoms with Gasteiger partial charge in [-0.1, -0.05) is 12.1 Å². The van der Waals surface area contributed by atoms with Crippen molar-refractivity contribution in [1.82, 2.24) is 10.2 Å². The molecule has 1 atom stereocenters. The van der Waals surface area contributed by atoms with Gasteiger partial charge in [0.05, 0.1) is 23.7 Å². The molecule has 186 valence electrons. The Morgan fingerprint density at radius 1 is 1.21 bits per heavy atom. The summed E-state index contributed by atoms with van der Waals surface area (Å²) in [6, 6.07) is 6.84. The third kappa shape index (κ3) is 9.74. The number of non-ortho nitro benzene ring substituents is 1. The van der Waals surface area contributed by atoms with E-state index in [-0.39, 0.29) is 40.7 Å². The van der Waals surface area contributed by atoms with Crippen LogP contribution in [-0.4, -0.2) is 67.4 Å². The Morgan fingerprint density at radius 2 is 1.97 bits per heavy atom. The second kappa shape index (κ2) is 15.4. The third-order valence-corrected chi connectivity index (χ3v) is 6.15. The van der Waals surface area contributed by atoms with E-state index in [1.54, 1.807) is 12.1 Å². The fourth-order valence-electron chi connectivity index (χ4n) is 4.25. The highest BCUT2D eigenvalue weighted by molar-refractivity contribution is 14.0. The van der Waals surface area contributed by atoms with Gasteiger partial charge in [0, 0.05) is 44.9 Å². The maximum absolute atomic E-state index is 10.7. The maximum Gasteiger partial charge on any atom is 0.269 e. The van der Waals surface area contributed by atoms with Gasteiger partial charge in [0.2, 0.25) is 0 Å². The fourth-order valence-corrected chi connectivity index (χ4v) is 4.25. The van der Waals surface area contributed by atoms with E-state index >= 15 is 0 Å². The van der Waals surface area contributed by atoms with Gasteiger partial charge in [-0.25, -0.2) is 0 Å². The van der Waals surface area contributed by atoms with Crippen LogP contribution in [0.1, 0.15) is 57.4 Å². The quantitative estimate of drug-likeness (QED) is 0.110. The molecule has 2 aliphatic heterocycles. The summed E-state index contributed by atoms with van der Waals surface area (Å²) in [7, 11) is 0. The summed E-state index contributed by atoms with van der Waals surface area (Å²) in [5.74, 6) is 0.997. The number of nitrogens with zero attached hydrogens (tertiary/aromatic N) is 3. The topological polar surface area (TPSA) is 89.2 Å². The molecule has 1 N–H and O–H groups in total. The molecule has 9 heteroatoms. The molecule has 1 unspecified atom stereocenters. The van der Waals surface area contributed by atoms with Gasteiger partial charge in [0.25, 0.3) is 5.69 Å². The van der Waals surface area contributed by atoms with E-state index in [2.05, 4.69) is 17.1 Å². The largest absolute Gasteiger partial charge is 0.376 e. The van der Waals surface area contributed by atoms with Gasteiger partial charge in [-0.3, -0.25) is 15.1 Å². The van der Waals surface area contributed by atoms with Crippen LogP contribution in [-0.2, 0) is 15.9 Å². The number of aryl methyl sites for hydroxylation is 1. The highest BCUT2D eigenvalue weighted by Crippen LogP contribution is 2.18. The molecule has 0 amide bonds. The van der Waals surface area contributed by atoms with Gasteiger partial charge in [-0.05, 0) is 63.9 Å². The molecule has 0 aliphatic carbocycles. The summed E-state index contributed by atoms with van der Waals surface area (Å²) in [4.78, 5) is 17.6. The van der Waals surface area contributed by atoms with Gasteiger partial charge in [-0.2, -0.15) is 0 Å². The Hall–Kier alpha value is -1.46. The number of nitro groups is 1. The maximum atomic E-state index is 10.7. The Labute approximate surface area is 214 Å². The number of hydrogen-bond donors (Lipinski definition) is 1. The smallest absolute Gasteiger partial charge is 0.269 e. The standard InChI is InChI=1S/C24H38N4O4.HI/c1-2-25-24(26-15-5-3-7-20-9-11-21(12-10-20)28(29)30)27-16-13-22(14-17-27)32-19-23-8-4-6-18-31-23;/h9-12,22-23H,2-8,13-19H2,1H3,(H,25,26);1H. The molecule has 2 aliphatic rings. The summed E-state index contributed by atoms with van der Waals surface area (Å²) in [5, 5.41) is 14.2. The number of piperidine rings is 1. The monoisotopic (exact) mass is 574 g/mol. The molecule has 0 saturated carbocycles. The van der Waals surface area contributed by atoms with Crippen molar-refractivity contribution in [3.8, 4) is 0 Å². The second-order valence-electron chi connectivity index (χ2n) is 8.62. The molecule has 8 nitrogen and oxygen atoms in total. The number of nitro benzene ring substituents is 1. The molecule has 2 saturated heterocycles. The molecule has 0 bridgehead atoms. The highest BCUT2D eigenvalue weighted by Gasteiger charge is 2.23. The lowest BCUT2D eigenvalue weighted by Gasteiger charge is -2.35. The molecule has 3 rings (SSSR count). The SMILES string of the molecule is CCNC(=NCCCCc1ccc([N+](=O)[O-])cc1)N1CCC(OCC2CCCCO2)CC1.I. The first-order valence-corrected chi connectivity index (χ1v) is 12.2. The summed E-state index contributed by atoms with van der Waals surface area (Å²) in [6.07, 6.45) is 9.13. The van der Waals surface area contributed by atoms with Gasteiger partial charge in [0.1, 0.15) is 0 Å². The Morgan fingerprint density at radius 3 is 2.61 bits per heavy atom. The number of halogens is 1. The van der Waals surface area contributed by atoms with Crippen molar-refractivity contribution >= 4 is 35.6 Å². The van der Waals surface area contributed by atoms with Crippen LogP contribution in [0.2, 0.25) is 0 Å². The Balaban J connectivity index is 0.00000385. The lowest BCUT2D eigenvalue weighted by molar-refractivity contribution is -0.384. The molecule has 0 spiro atoms. The number of guanidine groups is 1. The van der Waals surface area contributed by atoms with E-state index < -0.39 is 0 Å². The van der Waals surface area contributed by atoms with E-state index in [0.29, 0.717) is 6.10 Å². The van der Waals surface area contributed by atoms with E-state index in [4.69, 9.17) is 14.5 Å². The van der Waals surface area contributed by atoms with Gasteiger partial charge >= 0.3 is 0 Å². The second-order valence-corrected chi connectivity index (χ2v) is 8.62. The zero-order valence-corrected chi connectivity index (χ0v) is 22.1. The van der Waals surface area contributed by atoms with Crippen LogP contribution < -0.4 is 5.32 Å². The normalized spacial score (nSPS) is 19.7. The Kier molecular flexibility index (Phi) is 13.0. The van der Waals surface area contributed by atoms with E-state index in [1.807, 2.05) is 12.1 Å². The third-order valence-electron chi connectivity index (χ3n) is 6.15. The van der Waals surface area contributed by atoms with Crippen LogP contribution in [0.3, 0.4) is 0 Å². The minimum atomic E-state index is -0.360. The van der Waals surface area contributed by atoms with E-state index in [1.165, 1.54) is 12.8 Å².